The molecule has 1 aliphatic rings. The summed E-state index contributed by atoms with van der Waals surface area (Å²) in [5, 5.41) is 21.2. The Morgan fingerprint density at radius 1 is 1.41 bits per heavy atom. The molecule has 3 aromatic heterocycles. The van der Waals surface area contributed by atoms with Crippen molar-refractivity contribution in [2.24, 2.45) is 0 Å². The van der Waals surface area contributed by atoms with E-state index in [0.29, 0.717) is 29.3 Å². The number of aromatic amines is 1. The SMILES string of the molecule is N#Cc1cc2c(cn1)[nH]c1ncc(Cl)c(N3CCC(O)C3)c12. The lowest BCUT2D eigenvalue weighted by atomic mass is 10.1. The maximum absolute atomic E-state index is 9.81. The molecule has 0 bridgehead atoms. The lowest BCUT2D eigenvalue weighted by molar-refractivity contribution is 0.198. The Kier molecular flexibility index (Phi) is 2.93. The highest BCUT2D eigenvalue weighted by Crippen LogP contribution is 2.39. The van der Waals surface area contributed by atoms with E-state index in [-0.39, 0.29) is 6.10 Å². The van der Waals surface area contributed by atoms with Gasteiger partial charge in [-0.15, -0.1) is 0 Å². The predicted molar refractivity (Wildman–Crippen MR) is 84.0 cm³/mol. The van der Waals surface area contributed by atoms with Gasteiger partial charge in [0.25, 0.3) is 0 Å². The van der Waals surface area contributed by atoms with Gasteiger partial charge >= 0.3 is 0 Å². The Morgan fingerprint density at radius 2 is 2.27 bits per heavy atom. The van der Waals surface area contributed by atoms with Crippen molar-refractivity contribution in [3.8, 4) is 6.07 Å². The summed E-state index contributed by atoms with van der Waals surface area (Å²) in [7, 11) is 0. The van der Waals surface area contributed by atoms with Gasteiger partial charge in [0.05, 0.1) is 40.1 Å². The van der Waals surface area contributed by atoms with Crippen LogP contribution in [-0.4, -0.2) is 39.3 Å². The van der Waals surface area contributed by atoms with Crippen LogP contribution in [0.4, 0.5) is 5.69 Å². The van der Waals surface area contributed by atoms with Crippen LogP contribution < -0.4 is 4.90 Å². The molecule has 6 nitrogen and oxygen atoms in total. The zero-order valence-electron chi connectivity index (χ0n) is 11.5. The Balaban J connectivity index is 2.05. The van der Waals surface area contributed by atoms with Crippen LogP contribution in [0.15, 0.2) is 18.5 Å². The van der Waals surface area contributed by atoms with E-state index in [0.717, 1.165) is 28.5 Å². The van der Waals surface area contributed by atoms with Gasteiger partial charge in [0.2, 0.25) is 0 Å². The monoisotopic (exact) mass is 313 g/mol. The number of nitriles is 1. The molecule has 0 saturated carbocycles. The molecule has 0 radical (unpaired) electrons. The minimum absolute atomic E-state index is 0.346. The second-order valence-electron chi connectivity index (χ2n) is 5.42. The van der Waals surface area contributed by atoms with E-state index >= 15 is 0 Å². The number of nitrogens with one attached hydrogen (secondary N) is 1. The van der Waals surface area contributed by atoms with Gasteiger partial charge in [0, 0.05) is 18.5 Å². The van der Waals surface area contributed by atoms with Crippen LogP contribution in [0.1, 0.15) is 12.1 Å². The number of halogens is 1. The van der Waals surface area contributed by atoms with Crippen LogP contribution in [0.2, 0.25) is 5.02 Å². The highest BCUT2D eigenvalue weighted by Gasteiger charge is 2.25. The molecule has 110 valence electrons. The second kappa shape index (κ2) is 4.83. The van der Waals surface area contributed by atoms with Gasteiger partial charge in [0.1, 0.15) is 17.4 Å². The van der Waals surface area contributed by atoms with Gasteiger partial charge in [-0.25, -0.2) is 9.97 Å². The number of rotatable bonds is 1. The van der Waals surface area contributed by atoms with Gasteiger partial charge in [-0.3, -0.25) is 0 Å². The summed E-state index contributed by atoms with van der Waals surface area (Å²) in [6.07, 6.45) is 3.61. The summed E-state index contributed by atoms with van der Waals surface area (Å²) >= 11 is 6.38. The fourth-order valence-corrected chi connectivity index (χ4v) is 3.30. The first-order valence-corrected chi connectivity index (χ1v) is 7.34. The third-order valence-corrected chi connectivity index (χ3v) is 4.30. The zero-order chi connectivity index (χ0) is 15.3. The molecule has 1 saturated heterocycles. The number of nitrogens with zero attached hydrogens (tertiary/aromatic N) is 4. The van der Waals surface area contributed by atoms with Crippen molar-refractivity contribution in [3.05, 3.63) is 29.2 Å². The number of aliphatic hydroxyl groups is 1. The number of aromatic nitrogens is 3. The first-order chi connectivity index (χ1) is 10.7. The van der Waals surface area contributed by atoms with E-state index in [4.69, 9.17) is 16.9 Å². The molecule has 22 heavy (non-hydrogen) atoms. The second-order valence-corrected chi connectivity index (χ2v) is 5.83. The molecule has 0 amide bonds. The van der Waals surface area contributed by atoms with Crippen molar-refractivity contribution in [1.82, 2.24) is 15.0 Å². The minimum Gasteiger partial charge on any atom is -0.391 e. The molecule has 3 aromatic rings. The van der Waals surface area contributed by atoms with E-state index < -0.39 is 0 Å². The van der Waals surface area contributed by atoms with Crippen molar-refractivity contribution in [1.29, 1.82) is 5.26 Å². The number of pyridine rings is 2. The maximum atomic E-state index is 9.81. The van der Waals surface area contributed by atoms with Crippen LogP contribution in [0, 0.1) is 11.3 Å². The van der Waals surface area contributed by atoms with Crippen molar-refractivity contribution >= 4 is 39.2 Å². The van der Waals surface area contributed by atoms with E-state index in [1.54, 1.807) is 18.5 Å². The number of anilines is 1. The summed E-state index contributed by atoms with van der Waals surface area (Å²) < 4.78 is 0. The maximum Gasteiger partial charge on any atom is 0.141 e. The Morgan fingerprint density at radius 3 is 3.00 bits per heavy atom. The molecule has 7 heteroatoms. The van der Waals surface area contributed by atoms with Crippen LogP contribution in [0.5, 0.6) is 0 Å². The summed E-state index contributed by atoms with van der Waals surface area (Å²) in [5.74, 6) is 0. The molecular formula is C15H12ClN5O. The van der Waals surface area contributed by atoms with E-state index in [9.17, 15) is 5.11 Å². The quantitative estimate of drug-likeness (QED) is 0.719. The van der Waals surface area contributed by atoms with E-state index in [2.05, 4.69) is 25.9 Å². The number of H-pyrrole nitrogens is 1. The molecule has 4 heterocycles. The number of β-amino-alcohol motifs (C(OH)–C–C–N with tert-alkyl or cyclic N) is 1. The van der Waals surface area contributed by atoms with Crippen molar-refractivity contribution in [2.45, 2.75) is 12.5 Å². The van der Waals surface area contributed by atoms with Crippen LogP contribution in [-0.2, 0) is 0 Å². The number of hydrogen-bond acceptors (Lipinski definition) is 5. The van der Waals surface area contributed by atoms with E-state index in [1.807, 2.05) is 0 Å². The smallest absolute Gasteiger partial charge is 0.141 e. The number of hydrogen-bond donors (Lipinski definition) is 2. The fraction of sp³-hybridized carbons (Fsp3) is 0.267. The highest BCUT2D eigenvalue weighted by molar-refractivity contribution is 6.35. The van der Waals surface area contributed by atoms with Crippen molar-refractivity contribution < 1.29 is 5.11 Å². The Bertz CT molecular complexity index is 929. The first-order valence-electron chi connectivity index (χ1n) is 6.96. The van der Waals surface area contributed by atoms with Crippen LogP contribution >= 0.6 is 11.6 Å². The zero-order valence-corrected chi connectivity index (χ0v) is 12.3. The summed E-state index contributed by atoms with van der Waals surface area (Å²) in [5.41, 5.74) is 2.71. The van der Waals surface area contributed by atoms with Gasteiger partial charge < -0.3 is 15.0 Å². The van der Waals surface area contributed by atoms with Gasteiger partial charge in [-0.1, -0.05) is 11.6 Å². The standard InChI is InChI=1S/C15H12ClN5O/c16-11-5-19-15-13(14(11)21-2-1-9(22)7-21)10-3-8(4-17)18-6-12(10)20-15/h3,5-6,9,22H,1-2,7H2,(H,19,20). The van der Waals surface area contributed by atoms with Crippen molar-refractivity contribution in [2.75, 3.05) is 18.0 Å². The highest BCUT2D eigenvalue weighted by atomic mass is 35.5. The molecule has 1 aliphatic heterocycles. The third kappa shape index (κ3) is 1.90. The average molecular weight is 314 g/mol. The Labute approximate surface area is 131 Å². The molecule has 4 rings (SSSR count). The summed E-state index contributed by atoms with van der Waals surface area (Å²) in [6, 6.07) is 3.79. The van der Waals surface area contributed by atoms with Gasteiger partial charge in [0.15, 0.2) is 0 Å². The predicted octanol–water partition coefficient (Wildman–Crippen LogP) is 2.21. The molecule has 1 unspecified atom stereocenters. The molecule has 1 atom stereocenters. The molecule has 0 spiro atoms. The normalized spacial score (nSPS) is 18.2. The summed E-state index contributed by atoms with van der Waals surface area (Å²) in [4.78, 5) is 13.7. The first kappa shape index (κ1) is 13.3. The van der Waals surface area contributed by atoms with Crippen LogP contribution in [0.3, 0.4) is 0 Å². The number of fused-ring (bicyclic) bond motifs is 3. The lowest BCUT2D eigenvalue weighted by Gasteiger charge is -2.20. The minimum atomic E-state index is -0.346. The molecule has 1 fully saturated rings. The molecule has 0 aromatic carbocycles. The van der Waals surface area contributed by atoms with Gasteiger partial charge in [-0.05, 0) is 12.5 Å². The van der Waals surface area contributed by atoms with Crippen LogP contribution in [0.25, 0.3) is 21.9 Å². The number of aliphatic hydroxyl groups excluding tert-OH is 1. The molecule has 2 N–H and O–H groups in total. The average Bonchev–Trinajstić information content (AvgIpc) is 3.10. The topological polar surface area (TPSA) is 88.8 Å². The Hall–Kier alpha value is -2.36. The van der Waals surface area contributed by atoms with Gasteiger partial charge in [-0.2, -0.15) is 5.26 Å². The molecular weight excluding hydrogens is 302 g/mol. The third-order valence-electron chi connectivity index (χ3n) is 4.03. The molecule has 0 aliphatic carbocycles. The van der Waals surface area contributed by atoms with Crippen molar-refractivity contribution in [3.63, 3.8) is 0 Å². The lowest BCUT2D eigenvalue weighted by Crippen LogP contribution is -2.21. The fourth-order valence-electron chi connectivity index (χ4n) is 3.03. The van der Waals surface area contributed by atoms with E-state index in [1.165, 1.54) is 0 Å². The summed E-state index contributed by atoms with van der Waals surface area (Å²) in [6.45, 7) is 1.28. The largest absolute Gasteiger partial charge is 0.391 e.